The highest BCUT2D eigenvalue weighted by atomic mass is 16.1. The zero-order valence-electron chi connectivity index (χ0n) is 6.19. The van der Waals surface area contributed by atoms with Gasteiger partial charge < -0.3 is 5.73 Å². The van der Waals surface area contributed by atoms with Crippen LogP contribution in [0.2, 0.25) is 0 Å². The Kier molecular flexibility index (Phi) is 2.06. The second-order valence-corrected chi connectivity index (χ2v) is 2.02. The van der Waals surface area contributed by atoms with E-state index in [1.807, 2.05) is 6.92 Å². The van der Waals surface area contributed by atoms with Crippen LogP contribution in [0, 0.1) is 0 Å². The van der Waals surface area contributed by atoms with Crippen molar-refractivity contribution in [3.8, 4) is 0 Å². The van der Waals surface area contributed by atoms with Crippen LogP contribution in [0.3, 0.4) is 0 Å². The van der Waals surface area contributed by atoms with E-state index in [4.69, 9.17) is 5.73 Å². The molecule has 1 heterocycles. The Morgan fingerprint density at radius 1 is 1.73 bits per heavy atom. The maximum Gasteiger partial charge on any atom is 0.353 e. The number of rotatable bonds is 1. The number of nitrogens with zero attached hydrogens (tertiary/aromatic N) is 2. The third-order valence-corrected chi connectivity index (χ3v) is 1.16. The standard InChI is InChI=1S/C7H9N3O/c1-2-4-10-5-3-6(8)9-7(10)11/h2-5H,1H3,(H2,8,9,11). The van der Waals surface area contributed by atoms with Gasteiger partial charge in [-0.3, -0.25) is 4.57 Å². The molecule has 1 aromatic rings. The summed E-state index contributed by atoms with van der Waals surface area (Å²) in [5, 5.41) is 0. The molecule has 2 N–H and O–H groups in total. The molecule has 0 saturated carbocycles. The van der Waals surface area contributed by atoms with Crippen LogP contribution < -0.4 is 11.4 Å². The second-order valence-electron chi connectivity index (χ2n) is 2.02. The smallest absolute Gasteiger partial charge is 0.353 e. The van der Waals surface area contributed by atoms with Gasteiger partial charge in [-0.1, -0.05) is 6.08 Å². The van der Waals surface area contributed by atoms with Gasteiger partial charge in [-0.05, 0) is 13.0 Å². The molecule has 1 rings (SSSR count). The maximum atomic E-state index is 11.0. The molecule has 0 saturated heterocycles. The predicted octanol–water partition coefficient (Wildman–Crippen LogP) is 0.316. The SMILES string of the molecule is CC=Cn1ccc(N)nc1=O. The number of nitrogen functional groups attached to an aromatic ring is 1. The van der Waals surface area contributed by atoms with Gasteiger partial charge in [0.25, 0.3) is 0 Å². The lowest BCUT2D eigenvalue weighted by atomic mass is 10.6. The van der Waals surface area contributed by atoms with Crippen LogP contribution in [0.5, 0.6) is 0 Å². The molecule has 0 aliphatic heterocycles. The van der Waals surface area contributed by atoms with Crippen LogP contribution in [0.25, 0.3) is 6.20 Å². The Morgan fingerprint density at radius 3 is 3.00 bits per heavy atom. The Bertz CT molecular complexity index is 327. The average molecular weight is 151 g/mol. The van der Waals surface area contributed by atoms with Crippen molar-refractivity contribution in [2.24, 2.45) is 0 Å². The molecular formula is C7H9N3O. The van der Waals surface area contributed by atoms with E-state index in [0.29, 0.717) is 0 Å². The number of nitrogens with two attached hydrogens (primary N) is 1. The van der Waals surface area contributed by atoms with Gasteiger partial charge in [0, 0.05) is 12.4 Å². The Balaban J connectivity index is 3.20. The molecule has 0 bridgehead atoms. The van der Waals surface area contributed by atoms with Crippen LogP contribution in [0.1, 0.15) is 6.92 Å². The number of allylic oxidation sites excluding steroid dienone is 1. The lowest BCUT2D eigenvalue weighted by molar-refractivity contribution is 0.966. The van der Waals surface area contributed by atoms with Gasteiger partial charge in [0.15, 0.2) is 0 Å². The van der Waals surface area contributed by atoms with Crippen molar-refractivity contribution in [3.05, 3.63) is 28.8 Å². The maximum absolute atomic E-state index is 11.0. The molecule has 0 aliphatic carbocycles. The van der Waals surface area contributed by atoms with Crippen molar-refractivity contribution in [1.82, 2.24) is 9.55 Å². The largest absolute Gasteiger partial charge is 0.383 e. The molecule has 0 aliphatic rings. The minimum absolute atomic E-state index is 0.246. The third-order valence-electron chi connectivity index (χ3n) is 1.16. The van der Waals surface area contributed by atoms with E-state index in [-0.39, 0.29) is 11.5 Å². The quantitative estimate of drug-likeness (QED) is 0.628. The first kappa shape index (κ1) is 7.53. The minimum Gasteiger partial charge on any atom is -0.383 e. The summed E-state index contributed by atoms with van der Waals surface area (Å²) in [5.41, 5.74) is 4.92. The van der Waals surface area contributed by atoms with E-state index in [0.717, 1.165) is 0 Å². The molecule has 0 unspecified atom stereocenters. The molecule has 11 heavy (non-hydrogen) atoms. The summed E-state index contributed by atoms with van der Waals surface area (Å²) in [7, 11) is 0. The highest BCUT2D eigenvalue weighted by Gasteiger charge is 1.91. The van der Waals surface area contributed by atoms with Crippen LogP contribution in [-0.2, 0) is 0 Å². The van der Waals surface area contributed by atoms with Crippen LogP contribution in [0.15, 0.2) is 23.1 Å². The first-order valence-corrected chi connectivity index (χ1v) is 3.21. The van der Waals surface area contributed by atoms with Crippen molar-refractivity contribution in [2.45, 2.75) is 6.92 Å². The lowest BCUT2D eigenvalue weighted by Gasteiger charge is -1.95. The van der Waals surface area contributed by atoms with E-state index in [9.17, 15) is 4.79 Å². The van der Waals surface area contributed by atoms with Crippen LogP contribution in [0.4, 0.5) is 5.82 Å². The second kappa shape index (κ2) is 3.01. The summed E-state index contributed by atoms with van der Waals surface area (Å²) < 4.78 is 1.36. The summed E-state index contributed by atoms with van der Waals surface area (Å²) in [6.45, 7) is 1.82. The van der Waals surface area contributed by atoms with Gasteiger partial charge in [0.1, 0.15) is 5.82 Å². The first-order chi connectivity index (χ1) is 5.24. The van der Waals surface area contributed by atoms with Crippen molar-refractivity contribution in [3.63, 3.8) is 0 Å². The summed E-state index contributed by atoms with van der Waals surface area (Å²) in [6.07, 6.45) is 4.94. The molecule has 0 spiro atoms. The van der Waals surface area contributed by atoms with E-state index in [2.05, 4.69) is 4.98 Å². The van der Waals surface area contributed by atoms with Crippen molar-refractivity contribution in [1.29, 1.82) is 0 Å². The molecule has 4 nitrogen and oxygen atoms in total. The summed E-state index contributed by atoms with van der Waals surface area (Å²) in [5.74, 6) is 0.246. The van der Waals surface area contributed by atoms with Gasteiger partial charge in [0.2, 0.25) is 0 Å². The van der Waals surface area contributed by atoms with E-state index in [1.165, 1.54) is 4.57 Å². The van der Waals surface area contributed by atoms with E-state index in [1.54, 1.807) is 24.5 Å². The van der Waals surface area contributed by atoms with E-state index < -0.39 is 0 Å². The van der Waals surface area contributed by atoms with Gasteiger partial charge in [0.05, 0.1) is 0 Å². The molecule has 0 aromatic carbocycles. The first-order valence-electron chi connectivity index (χ1n) is 3.21. The highest BCUT2D eigenvalue weighted by Crippen LogP contribution is 1.89. The number of anilines is 1. The fourth-order valence-corrected chi connectivity index (χ4v) is 0.700. The molecule has 1 aromatic heterocycles. The summed E-state index contributed by atoms with van der Waals surface area (Å²) in [6, 6.07) is 1.57. The topological polar surface area (TPSA) is 60.9 Å². The average Bonchev–Trinajstić information content (AvgIpc) is 1.95. The molecule has 0 radical (unpaired) electrons. The Labute approximate surface area is 64.0 Å². The lowest BCUT2D eigenvalue weighted by Crippen LogP contribution is -2.18. The van der Waals surface area contributed by atoms with Crippen LogP contribution in [-0.4, -0.2) is 9.55 Å². The third kappa shape index (κ3) is 1.67. The zero-order chi connectivity index (χ0) is 8.27. The van der Waals surface area contributed by atoms with Crippen molar-refractivity contribution >= 4 is 12.0 Å². The van der Waals surface area contributed by atoms with Gasteiger partial charge in [-0.2, -0.15) is 4.98 Å². The van der Waals surface area contributed by atoms with Crippen LogP contribution >= 0.6 is 0 Å². The molecule has 4 heteroatoms. The monoisotopic (exact) mass is 151 g/mol. The molecular weight excluding hydrogens is 142 g/mol. The van der Waals surface area contributed by atoms with Crippen molar-refractivity contribution < 1.29 is 0 Å². The summed E-state index contributed by atoms with van der Waals surface area (Å²) in [4.78, 5) is 14.5. The van der Waals surface area contributed by atoms with Gasteiger partial charge in [-0.15, -0.1) is 0 Å². The van der Waals surface area contributed by atoms with Gasteiger partial charge in [-0.25, -0.2) is 4.79 Å². The van der Waals surface area contributed by atoms with Crippen molar-refractivity contribution in [2.75, 3.05) is 5.73 Å². The Hall–Kier alpha value is -1.58. The number of hydrogen-bond acceptors (Lipinski definition) is 3. The number of aromatic nitrogens is 2. The van der Waals surface area contributed by atoms with Gasteiger partial charge >= 0.3 is 5.69 Å². The predicted molar refractivity (Wildman–Crippen MR) is 43.9 cm³/mol. The molecule has 0 fully saturated rings. The number of hydrogen-bond donors (Lipinski definition) is 1. The molecule has 0 atom stereocenters. The highest BCUT2D eigenvalue weighted by molar-refractivity contribution is 5.28. The molecule has 0 amide bonds. The minimum atomic E-state index is -0.358. The fourth-order valence-electron chi connectivity index (χ4n) is 0.700. The zero-order valence-corrected chi connectivity index (χ0v) is 6.19. The molecule has 58 valence electrons. The van der Waals surface area contributed by atoms with E-state index >= 15 is 0 Å². The fraction of sp³-hybridized carbons (Fsp3) is 0.143. The normalized spacial score (nSPS) is 10.6. The Morgan fingerprint density at radius 2 is 2.45 bits per heavy atom. The summed E-state index contributed by atoms with van der Waals surface area (Å²) >= 11 is 0.